The van der Waals surface area contributed by atoms with Gasteiger partial charge in [0.05, 0.1) is 39.2 Å². The average molecular weight is 453 g/mol. The number of esters is 1. The Balaban J connectivity index is 1.44. The van der Waals surface area contributed by atoms with E-state index in [9.17, 15) is 19.8 Å². The Kier molecular flexibility index (Phi) is 8.41. The van der Waals surface area contributed by atoms with E-state index < -0.39 is 30.5 Å². The molecule has 13 heteroatoms. The molecule has 3 rings (SSSR count). The standard InChI is InChI=1S/C19H27N5O8/c1-11(26)2-3-13(27)30-6-4-29-5-7-31-16-12(8-25)32-19(15(16)28)24-10-23-14-17(20)21-9-22-18(14)24/h9-10,12,15-16,19,25,28H,2-8H2,1H3,(H2,20,21,22)/t12-,15-,16-,19-/m1/s1. The van der Waals surface area contributed by atoms with Crippen LogP contribution in [0.25, 0.3) is 11.2 Å². The van der Waals surface area contributed by atoms with Crippen molar-refractivity contribution in [1.29, 1.82) is 0 Å². The molecule has 0 aliphatic carbocycles. The van der Waals surface area contributed by atoms with Crippen molar-refractivity contribution in [3.05, 3.63) is 12.7 Å². The van der Waals surface area contributed by atoms with Crippen molar-refractivity contribution in [3.8, 4) is 0 Å². The first-order valence-electron chi connectivity index (χ1n) is 10.1. The molecule has 1 aliphatic rings. The molecule has 0 amide bonds. The van der Waals surface area contributed by atoms with Crippen molar-refractivity contribution in [2.45, 2.75) is 44.3 Å². The Labute approximate surface area is 183 Å². The van der Waals surface area contributed by atoms with Gasteiger partial charge in [-0.3, -0.25) is 9.36 Å². The van der Waals surface area contributed by atoms with Crippen LogP contribution in [0.5, 0.6) is 0 Å². The highest BCUT2D eigenvalue weighted by molar-refractivity contribution is 5.81. The second-order valence-corrected chi connectivity index (χ2v) is 7.19. The van der Waals surface area contributed by atoms with Crippen LogP contribution in [0.3, 0.4) is 0 Å². The summed E-state index contributed by atoms with van der Waals surface area (Å²) in [7, 11) is 0. The second-order valence-electron chi connectivity index (χ2n) is 7.19. The smallest absolute Gasteiger partial charge is 0.306 e. The summed E-state index contributed by atoms with van der Waals surface area (Å²) in [6, 6.07) is 0. The number of carbonyl (C=O) groups is 2. The van der Waals surface area contributed by atoms with Crippen LogP contribution in [0.1, 0.15) is 26.0 Å². The van der Waals surface area contributed by atoms with Crippen molar-refractivity contribution in [3.63, 3.8) is 0 Å². The van der Waals surface area contributed by atoms with E-state index in [1.54, 1.807) is 0 Å². The largest absolute Gasteiger partial charge is 0.463 e. The van der Waals surface area contributed by atoms with Gasteiger partial charge in [-0.2, -0.15) is 0 Å². The van der Waals surface area contributed by atoms with Crippen LogP contribution >= 0.6 is 0 Å². The normalized spacial score (nSPS) is 23.0. The van der Waals surface area contributed by atoms with E-state index in [-0.39, 0.29) is 57.5 Å². The summed E-state index contributed by atoms with van der Waals surface area (Å²) in [5.41, 5.74) is 6.56. The molecule has 0 radical (unpaired) electrons. The molecular formula is C19H27N5O8. The number of hydrogen-bond donors (Lipinski definition) is 3. The van der Waals surface area contributed by atoms with Gasteiger partial charge in [0.2, 0.25) is 0 Å². The van der Waals surface area contributed by atoms with E-state index >= 15 is 0 Å². The van der Waals surface area contributed by atoms with E-state index in [1.165, 1.54) is 24.1 Å². The molecule has 0 spiro atoms. The van der Waals surface area contributed by atoms with Crippen LogP contribution in [-0.2, 0) is 28.5 Å². The molecule has 4 atom stereocenters. The molecule has 1 saturated heterocycles. The third-order valence-corrected chi connectivity index (χ3v) is 4.86. The molecule has 3 heterocycles. The fraction of sp³-hybridized carbons (Fsp3) is 0.632. The zero-order chi connectivity index (χ0) is 23.1. The number of ether oxygens (including phenoxy) is 4. The number of aliphatic hydroxyl groups excluding tert-OH is 2. The summed E-state index contributed by atoms with van der Waals surface area (Å²) in [6.07, 6.45) is -0.652. The number of carbonyl (C=O) groups excluding carboxylic acids is 2. The van der Waals surface area contributed by atoms with Crippen LogP contribution in [0.4, 0.5) is 5.82 Å². The van der Waals surface area contributed by atoms with Crippen molar-refractivity contribution in [1.82, 2.24) is 19.5 Å². The minimum Gasteiger partial charge on any atom is -0.463 e. The zero-order valence-corrected chi connectivity index (χ0v) is 17.6. The number of Topliss-reactive ketones (excluding diaryl/α,β-unsaturated/α-hetero) is 1. The van der Waals surface area contributed by atoms with Gasteiger partial charge in [0.1, 0.15) is 42.5 Å². The number of aliphatic hydroxyl groups is 2. The first-order valence-corrected chi connectivity index (χ1v) is 10.1. The number of fused-ring (bicyclic) bond motifs is 1. The van der Waals surface area contributed by atoms with Gasteiger partial charge in [-0.15, -0.1) is 0 Å². The minimum atomic E-state index is -1.11. The molecule has 4 N–H and O–H groups in total. The summed E-state index contributed by atoms with van der Waals surface area (Å²) < 4.78 is 23.2. The Bertz CT molecular complexity index is 922. The highest BCUT2D eigenvalue weighted by Crippen LogP contribution is 2.33. The number of nitrogens with two attached hydrogens (primary N) is 1. The van der Waals surface area contributed by atoms with Gasteiger partial charge < -0.3 is 39.7 Å². The Morgan fingerprint density at radius 1 is 1.19 bits per heavy atom. The predicted molar refractivity (Wildman–Crippen MR) is 108 cm³/mol. The molecule has 2 aromatic heterocycles. The van der Waals surface area contributed by atoms with Gasteiger partial charge in [-0.05, 0) is 6.92 Å². The van der Waals surface area contributed by atoms with Crippen molar-refractivity contribution < 1.29 is 38.7 Å². The number of nitrogen functional groups attached to an aromatic ring is 1. The van der Waals surface area contributed by atoms with E-state index in [2.05, 4.69) is 15.0 Å². The summed E-state index contributed by atoms with van der Waals surface area (Å²) in [4.78, 5) is 34.4. The first kappa shape index (κ1) is 23.9. The third-order valence-electron chi connectivity index (χ3n) is 4.86. The van der Waals surface area contributed by atoms with E-state index in [0.29, 0.717) is 11.2 Å². The highest BCUT2D eigenvalue weighted by Gasteiger charge is 2.45. The fourth-order valence-corrected chi connectivity index (χ4v) is 3.27. The first-order chi connectivity index (χ1) is 15.4. The predicted octanol–water partition coefficient (Wildman–Crippen LogP) is -1.03. The quantitative estimate of drug-likeness (QED) is 0.263. The number of hydrogen-bond acceptors (Lipinski definition) is 12. The topological polar surface area (TPSA) is 181 Å². The molecule has 0 unspecified atom stereocenters. The molecule has 1 fully saturated rings. The van der Waals surface area contributed by atoms with Gasteiger partial charge in [-0.25, -0.2) is 15.0 Å². The molecule has 176 valence electrons. The summed E-state index contributed by atoms with van der Waals surface area (Å²) >= 11 is 0. The van der Waals surface area contributed by atoms with Crippen molar-refractivity contribution in [2.24, 2.45) is 0 Å². The number of ketones is 1. The van der Waals surface area contributed by atoms with Crippen molar-refractivity contribution >= 4 is 28.7 Å². The maximum Gasteiger partial charge on any atom is 0.306 e. The molecular weight excluding hydrogens is 426 g/mol. The number of imidazole rings is 1. The molecule has 32 heavy (non-hydrogen) atoms. The molecule has 1 aliphatic heterocycles. The van der Waals surface area contributed by atoms with Gasteiger partial charge in [0.15, 0.2) is 17.7 Å². The average Bonchev–Trinajstić information content (AvgIpc) is 3.33. The lowest BCUT2D eigenvalue weighted by Crippen LogP contribution is -2.37. The summed E-state index contributed by atoms with van der Waals surface area (Å²) in [6.45, 7) is 1.56. The monoisotopic (exact) mass is 453 g/mol. The van der Waals surface area contributed by atoms with Crippen LogP contribution in [0.2, 0.25) is 0 Å². The Morgan fingerprint density at radius 3 is 2.72 bits per heavy atom. The molecule has 2 aromatic rings. The van der Waals surface area contributed by atoms with E-state index in [0.717, 1.165) is 0 Å². The highest BCUT2D eigenvalue weighted by atomic mass is 16.6. The molecule has 0 aromatic carbocycles. The SMILES string of the molecule is CC(=O)CCC(=O)OCCOCCO[C@H]1[C@@H](O)[C@H](n2cnc3c(N)ncnc32)O[C@@H]1CO. The lowest BCUT2D eigenvalue weighted by molar-refractivity contribution is -0.146. The molecule has 0 saturated carbocycles. The lowest BCUT2D eigenvalue weighted by Gasteiger charge is -2.20. The number of rotatable bonds is 12. The lowest BCUT2D eigenvalue weighted by atomic mass is 10.1. The van der Waals surface area contributed by atoms with Gasteiger partial charge in [0.25, 0.3) is 0 Å². The van der Waals surface area contributed by atoms with E-state index in [1.807, 2.05) is 0 Å². The van der Waals surface area contributed by atoms with Gasteiger partial charge in [0, 0.05) is 6.42 Å². The minimum absolute atomic E-state index is 0.0482. The van der Waals surface area contributed by atoms with Crippen LogP contribution < -0.4 is 5.73 Å². The second kappa shape index (κ2) is 11.2. The maximum absolute atomic E-state index is 11.4. The summed E-state index contributed by atoms with van der Waals surface area (Å²) in [5.74, 6) is -0.327. The zero-order valence-electron chi connectivity index (χ0n) is 17.6. The van der Waals surface area contributed by atoms with Crippen LogP contribution in [0, 0.1) is 0 Å². The third kappa shape index (κ3) is 5.75. The Hall–Kier alpha value is -2.71. The Morgan fingerprint density at radius 2 is 1.97 bits per heavy atom. The fourth-order valence-electron chi connectivity index (χ4n) is 3.27. The van der Waals surface area contributed by atoms with Gasteiger partial charge in [-0.1, -0.05) is 0 Å². The van der Waals surface area contributed by atoms with Crippen molar-refractivity contribution in [2.75, 3.05) is 38.8 Å². The van der Waals surface area contributed by atoms with Crippen LogP contribution in [0.15, 0.2) is 12.7 Å². The van der Waals surface area contributed by atoms with Crippen LogP contribution in [-0.4, -0.2) is 92.8 Å². The number of aromatic nitrogens is 4. The van der Waals surface area contributed by atoms with Gasteiger partial charge >= 0.3 is 5.97 Å². The maximum atomic E-state index is 11.4. The number of anilines is 1. The molecule has 13 nitrogen and oxygen atoms in total. The van der Waals surface area contributed by atoms with E-state index in [4.69, 9.17) is 24.7 Å². The molecule has 0 bridgehead atoms. The summed E-state index contributed by atoms with van der Waals surface area (Å²) in [5, 5.41) is 20.4. The number of nitrogens with zero attached hydrogens (tertiary/aromatic N) is 4.